The van der Waals surface area contributed by atoms with E-state index in [1.165, 1.54) is 16.2 Å². The van der Waals surface area contributed by atoms with Crippen LogP contribution in [0.4, 0.5) is 5.69 Å². The molecule has 1 heterocycles. The Bertz CT molecular complexity index is 569. The number of anilines is 1. The Hall–Kier alpha value is -2.12. The first-order valence-corrected chi connectivity index (χ1v) is 5.92. The van der Waals surface area contributed by atoms with Gasteiger partial charge >= 0.3 is 0 Å². The lowest BCUT2D eigenvalue weighted by molar-refractivity contribution is 0.0997. The Kier molecular flexibility index (Phi) is 3.22. The van der Waals surface area contributed by atoms with Gasteiger partial charge in [-0.25, -0.2) is 0 Å². The van der Waals surface area contributed by atoms with Gasteiger partial charge in [0.25, 0.3) is 5.91 Å². The number of thiophene rings is 1. The fraction of sp³-hybridized carbons (Fsp3) is 0.0769. The first-order chi connectivity index (χ1) is 8.24. The first kappa shape index (κ1) is 11.4. The Morgan fingerprint density at radius 1 is 1.29 bits per heavy atom. The first-order valence-electron chi connectivity index (χ1n) is 5.04. The van der Waals surface area contributed by atoms with E-state index >= 15 is 0 Å². The predicted octanol–water partition coefficient (Wildman–Crippen LogP) is 2.90. The molecule has 0 saturated carbocycles. The molecule has 17 heavy (non-hydrogen) atoms. The number of carbonyl (C=O) groups is 1. The van der Waals surface area contributed by atoms with Crippen LogP contribution in [0, 0.1) is 11.3 Å². The summed E-state index contributed by atoms with van der Waals surface area (Å²) in [5, 5.41) is 10.9. The van der Waals surface area contributed by atoms with Gasteiger partial charge in [-0.05, 0) is 23.6 Å². The molecule has 0 radical (unpaired) electrons. The summed E-state index contributed by atoms with van der Waals surface area (Å²) in [5.74, 6) is -0.0947. The minimum absolute atomic E-state index is 0.0947. The number of benzene rings is 1. The average Bonchev–Trinajstić information content (AvgIpc) is 2.90. The van der Waals surface area contributed by atoms with Crippen molar-refractivity contribution >= 4 is 22.9 Å². The van der Waals surface area contributed by atoms with E-state index < -0.39 is 0 Å². The van der Waals surface area contributed by atoms with Gasteiger partial charge in [0.2, 0.25) is 0 Å². The summed E-state index contributed by atoms with van der Waals surface area (Å²) in [4.78, 5) is 14.3. The Morgan fingerprint density at radius 3 is 2.71 bits per heavy atom. The number of nitriles is 1. The topological polar surface area (TPSA) is 44.1 Å². The molecule has 0 atom stereocenters. The van der Waals surface area contributed by atoms with Crippen LogP contribution in [0.2, 0.25) is 0 Å². The van der Waals surface area contributed by atoms with Crippen LogP contribution in [0.15, 0.2) is 41.8 Å². The zero-order chi connectivity index (χ0) is 12.3. The molecule has 0 aliphatic carbocycles. The van der Waals surface area contributed by atoms with E-state index in [1.54, 1.807) is 31.3 Å². The van der Waals surface area contributed by atoms with E-state index in [-0.39, 0.29) is 5.91 Å². The molecule has 0 aliphatic rings. The highest BCUT2D eigenvalue weighted by atomic mass is 32.1. The van der Waals surface area contributed by atoms with E-state index in [2.05, 4.69) is 6.07 Å². The molecule has 2 aromatic rings. The Morgan fingerprint density at radius 2 is 2.06 bits per heavy atom. The molecule has 0 spiro atoms. The Labute approximate surface area is 104 Å². The lowest BCUT2D eigenvalue weighted by Gasteiger charge is -2.17. The molecule has 1 amide bonds. The quantitative estimate of drug-likeness (QED) is 0.812. The smallest absolute Gasteiger partial charge is 0.268 e. The van der Waals surface area contributed by atoms with Gasteiger partial charge in [0, 0.05) is 7.05 Å². The normalized spacial score (nSPS) is 9.65. The number of carbonyl (C=O) groups excluding carboxylic acids is 1. The molecule has 4 heteroatoms. The lowest BCUT2D eigenvalue weighted by Crippen LogP contribution is -2.26. The second kappa shape index (κ2) is 4.81. The standard InChI is InChI=1S/C13H10N2OS/c1-15(13(16)12-7-4-8-17-12)11-6-3-2-5-10(11)9-14/h2-8H,1H3. The van der Waals surface area contributed by atoms with Crippen molar-refractivity contribution in [3.63, 3.8) is 0 Å². The second-order valence-corrected chi connectivity index (χ2v) is 4.42. The number of hydrogen-bond donors (Lipinski definition) is 0. The van der Waals surface area contributed by atoms with E-state index in [0.29, 0.717) is 16.1 Å². The molecule has 84 valence electrons. The third-order valence-electron chi connectivity index (χ3n) is 2.42. The highest BCUT2D eigenvalue weighted by molar-refractivity contribution is 7.12. The number of rotatable bonds is 2. The van der Waals surface area contributed by atoms with Crippen molar-refractivity contribution in [1.29, 1.82) is 5.26 Å². The van der Waals surface area contributed by atoms with Crippen LogP contribution in [0.3, 0.4) is 0 Å². The number of amides is 1. The number of hydrogen-bond acceptors (Lipinski definition) is 3. The minimum atomic E-state index is -0.0947. The summed E-state index contributed by atoms with van der Waals surface area (Å²) in [5.41, 5.74) is 1.13. The maximum Gasteiger partial charge on any atom is 0.268 e. The molecule has 0 saturated heterocycles. The van der Waals surface area contributed by atoms with Crippen molar-refractivity contribution in [1.82, 2.24) is 0 Å². The third kappa shape index (κ3) is 2.19. The largest absolute Gasteiger partial charge is 0.309 e. The van der Waals surface area contributed by atoms with E-state index in [9.17, 15) is 4.79 Å². The Balaban J connectivity index is 2.35. The van der Waals surface area contributed by atoms with Crippen molar-refractivity contribution in [2.75, 3.05) is 11.9 Å². The molecule has 2 rings (SSSR count). The van der Waals surface area contributed by atoms with Crippen LogP contribution in [0.5, 0.6) is 0 Å². The fourth-order valence-corrected chi connectivity index (χ4v) is 2.23. The van der Waals surface area contributed by atoms with Gasteiger partial charge in [-0.15, -0.1) is 11.3 Å². The monoisotopic (exact) mass is 242 g/mol. The highest BCUT2D eigenvalue weighted by Gasteiger charge is 2.16. The van der Waals surface area contributed by atoms with Crippen molar-refractivity contribution in [2.45, 2.75) is 0 Å². The summed E-state index contributed by atoms with van der Waals surface area (Å²) in [7, 11) is 1.68. The average molecular weight is 242 g/mol. The number of para-hydroxylation sites is 1. The van der Waals surface area contributed by atoms with Crippen LogP contribution in [0.25, 0.3) is 0 Å². The molecule has 0 N–H and O–H groups in total. The van der Waals surface area contributed by atoms with Gasteiger partial charge in [0.1, 0.15) is 6.07 Å². The summed E-state index contributed by atoms with van der Waals surface area (Å²) in [6.07, 6.45) is 0. The van der Waals surface area contributed by atoms with Crippen LogP contribution < -0.4 is 4.90 Å². The van der Waals surface area contributed by atoms with Crippen molar-refractivity contribution in [2.24, 2.45) is 0 Å². The molecular formula is C13H10N2OS. The maximum atomic E-state index is 12.1. The van der Waals surface area contributed by atoms with E-state index in [1.807, 2.05) is 17.5 Å². The van der Waals surface area contributed by atoms with Crippen LogP contribution in [-0.4, -0.2) is 13.0 Å². The molecule has 0 unspecified atom stereocenters. The molecular weight excluding hydrogens is 232 g/mol. The van der Waals surface area contributed by atoms with Gasteiger partial charge < -0.3 is 4.90 Å². The summed E-state index contributed by atoms with van der Waals surface area (Å²) >= 11 is 1.39. The SMILES string of the molecule is CN(C(=O)c1cccs1)c1ccccc1C#N. The van der Waals surface area contributed by atoms with E-state index in [4.69, 9.17) is 5.26 Å². The fourth-order valence-electron chi connectivity index (χ4n) is 1.54. The highest BCUT2D eigenvalue weighted by Crippen LogP contribution is 2.21. The summed E-state index contributed by atoms with van der Waals surface area (Å²) < 4.78 is 0. The van der Waals surface area contributed by atoms with Gasteiger partial charge in [0.05, 0.1) is 16.1 Å². The van der Waals surface area contributed by atoms with Crippen LogP contribution in [0.1, 0.15) is 15.2 Å². The lowest BCUT2D eigenvalue weighted by atomic mass is 10.2. The van der Waals surface area contributed by atoms with Crippen LogP contribution in [-0.2, 0) is 0 Å². The molecule has 3 nitrogen and oxygen atoms in total. The molecule has 0 bridgehead atoms. The minimum Gasteiger partial charge on any atom is -0.309 e. The van der Waals surface area contributed by atoms with Gasteiger partial charge in [-0.2, -0.15) is 5.26 Å². The molecule has 1 aromatic heterocycles. The van der Waals surface area contributed by atoms with E-state index in [0.717, 1.165) is 0 Å². The van der Waals surface area contributed by atoms with Crippen molar-refractivity contribution in [3.8, 4) is 6.07 Å². The van der Waals surface area contributed by atoms with Crippen molar-refractivity contribution < 1.29 is 4.79 Å². The summed E-state index contributed by atoms with van der Waals surface area (Å²) in [6.45, 7) is 0. The second-order valence-electron chi connectivity index (χ2n) is 3.47. The molecule has 0 aliphatic heterocycles. The summed E-state index contributed by atoms with van der Waals surface area (Å²) in [6, 6.07) is 12.8. The van der Waals surface area contributed by atoms with Crippen LogP contribution >= 0.6 is 11.3 Å². The van der Waals surface area contributed by atoms with Gasteiger partial charge in [-0.1, -0.05) is 18.2 Å². The zero-order valence-corrected chi connectivity index (χ0v) is 10.1. The molecule has 0 fully saturated rings. The molecule has 1 aromatic carbocycles. The van der Waals surface area contributed by atoms with Gasteiger partial charge in [0.15, 0.2) is 0 Å². The number of nitrogens with zero attached hydrogens (tertiary/aromatic N) is 2. The maximum absolute atomic E-state index is 12.1. The predicted molar refractivity (Wildman–Crippen MR) is 68.2 cm³/mol. The van der Waals surface area contributed by atoms with Gasteiger partial charge in [-0.3, -0.25) is 4.79 Å². The zero-order valence-electron chi connectivity index (χ0n) is 9.25. The van der Waals surface area contributed by atoms with Crippen molar-refractivity contribution in [3.05, 3.63) is 52.2 Å². The third-order valence-corrected chi connectivity index (χ3v) is 3.28.